The van der Waals surface area contributed by atoms with Crippen molar-refractivity contribution in [3.63, 3.8) is 0 Å². The molecule has 0 aliphatic heterocycles. The zero-order chi connectivity index (χ0) is 14.1. The Morgan fingerprint density at radius 2 is 2.10 bits per heavy atom. The van der Waals surface area contributed by atoms with E-state index in [-0.39, 0.29) is 0 Å². The number of hydrogen-bond donors (Lipinski definition) is 1. The van der Waals surface area contributed by atoms with Gasteiger partial charge in [0.1, 0.15) is 0 Å². The molecule has 0 bridgehead atoms. The number of nitrogens with one attached hydrogen (secondary N) is 1. The molecule has 106 valence electrons. The van der Waals surface area contributed by atoms with Gasteiger partial charge in [-0.1, -0.05) is 43.5 Å². The van der Waals surface area contributed by atoms with E-state index in [4.69, 9.17) is 12.2 Å². The van der Waals surface area contributed by atoms with Crippen molar-refractivity contribution >= 4 is 12.2 Å². The Bertz CT molecular complexity index is 656. The zero-order valence-corrected chi connectivity index (χ0v) is 12.9. The molecule has 3 nitrogen and oxygen atoms in total. The molecule has 0 saturated heterocycles. The summed E-state index contributed by atoms with van der Waals surface area (Å²) in [6, 6.07) is 8.96. The summed E-state index contributed by atoms with van der Waals surface area (Å²) in [6.07, 6.45) is 5.11. The number of aromatic nitrogens is 3. The van der Waals surface area contributed by atoms with Crippen molar-refractivity contribution in [1.82, 2.24) is 14.8 Å². The van der Waals surface area contributed by atoms with Gasteiger partial charge in [-0.25, -0.2) is 0 Å². The second-order valence-corrected chi connectivity index (χ2v) is 6.31. The average Bonchev–Trinajstić information content (AvgIpc) is 2.81. The topological polar surface area (TPSA) is 33.6 Å². The molecule has 2 atom stereocenters. The Balaban J connectivity index is 2.07. The van der Waals surface area contributed by atoms with Gasteiger partial charge in [-0.3, -0.25) is 9.67 Å². The molecule has 1 aromatic heterocycles. The first-order valence-electron chi connectivity index (χ1n) is 7.41. The summed E-state index contributed by atoms with van der Waals surface area (Å²) in [4.78, 5) is 0. The molecule has 2 aromatic rings. The molecule has 4 heteroatoms. The van der Waals surface area contributed by atoms with E-state index in [1.54, 1.807) is 0 Å². The lowest BCUT2D eigenvalue weighted by molar-refractivity contribution is 0.257. The van der Waals surface area contributed by atoms with Crippen molar-refractivity contribution in [1.29, 1.82) is 0 Å². The highest BCUT2D eigenvalue weighted by molar-refractivity contribution is 7.71. The number of hydrogen-bond acceptors (Lipinski definition) is 2. The second kappa shape index (κ2) is 5.52. The summed E-state index contributed by atoms with van der Waals surface area (Å²) in [5, 5.41) is 7.47. The Kier molecular flexibility index (Phi) is 3.74. The minimum atomic E-state index is 0.477. The van der Waals surface area contributed by atoms with E-state index in [0.717, 1.165) is 16.2 Å². The molecule has 0 radical (unpaired) electrons. The van der Waals surface area contributed by atoms with Crippen LogP contribution in [-0.2, 0) is 0 Å². The van der Waals surface area contributed by atoms with Crippen LogP contribution in [-0.4, -0.2) is 14.8 Å². The Labute approximate surface area is 125 Å². The van der Waals surface area contributed by atoms with Crippen LogP contribution in [0.1, 0.15) is 44.2 Å². The highest BCUT2D eigenvalue weighted by atomic mass is 32.1. The zero-order valence-electron chi connectivity index (χ0n) is 12.1. The molecule has 20 heavy (non-hydrogen) atoms. The largest absolute Gasteiger partial charge is 0.297 e. The van der Waals surface area contributed by atoms with Crippen molar-refractivity contribution < 1.29 is 0 Å². The number of rotatable bonds is 2. The molecule has 1 aliphatic carbocycles. The Morgan fingerprint density at radius 3 is 2.85 bits per heavy atom. The normalized spacial score (nSPS) is 22.9. The molecule has 1 aromatic carbocycles. The first-order chi connectivity index (χ1) is 9.66. The molecule has 3 rings (SSSR count). The van der Waals surface area contributed by atoms with E-state index in [0.29, 0.717) is 12.0 Å². The van der Waals surface area contributed by atoms with Crippen LogP contribution in [0.4, 0.5) is 0 Å². The SMILES string of the molecule is Cc1cccc(-c2n[nH]c(=S)n2[C@@H]2CCCC[C@H]2C)c1. The third kappa shape index (κ3) is 2.44. The quantitative estimate of drug-likeness (QED) is 0.814. The van der Waals surface area contributed by atoms with Gasteiger partial charge in [0.15, 0.2) is 10.6 Å². The summed E-state index contributed by atoms with van der Waals surface area (Å²) in [6.45, 7) is 4.44. The Morgan fingerprint density at radius 1 is 1.30 bits per heavy atom. The highest BCUT2D eigenvalue weighted by Gasteiger charge is 2.26. The van der Waals surface area contributed by atoms with E-state index < -0.39 is 0 Å². The molecule has 1 heterocycles. The van der Waals surface area contributed by atoms with Crippen molar-refractivity contribution in [2.24, 2.45) is 5.92 Å². The molecule has 0 amide bonds. The van der Waals surface area contributed by atoms with Crippen LogP contribution < -0.4 is 0 Å². The van der Waals surface area contributed by atoms with Crippen LogP contribution in [0.3, 0.4) is 0 Å². The van der Waals surface area contributed by atoms with Gasteiger partial charge in [0.2, 0.25) is 0 Å². The van der Waals surface area contributed by atoms with E-state index in [2.05, 4.69) is 52.9 Å². The molecule has 1 saturated carbocycles. The second-order valence-electron chi connectivity index (χ2n) is 5.92. The van der Waals surface area contributed by atoms with Crippen LogP contribution in [0.5, 0.6) is 0 Å². The molecular formula is C16H21N3S. The maximum absolute atomic E-state index is 5.48. The number of aromatic amines is 1. The lowest BCUT2D eigenvalue weighted by Gasteiger charge is -2.30. The maximum atomic E-state index is 5.48. The van der Waals surface area contributed by atoms with E-state index in [9.17, 15) is 0 Å². The van der Waals surface area contributed by atoms with Crippen molar-refractivity contribution in [2.75, 3.05) is 0 Å². The molecule has 0 spiro atoms. The van der Waals surface area contributed by atoms with Gasteiger partial charge in [-0.2, -0.15) is 5.10 Å². The predicted octanol–water partition coefficient (Wildman–Crippen LogP) is 4.67. The minimum Gasteiger partial charge on any atom is -0.297 e. The van der Waals surface area contributed by atoms with Gasteiger partial charge in [-0.05, 0) is 44.0 Å². The lowest BCUT2D eigenvalue weighted by atomic mass is 9.85. The standard InChI is InChI=1S/C16H21N3S/c1-11-6-5-8-13(10-11)15-17-18-16(20)19(15)14-9-4-3-7-12(14)2/h5-6,8,10,12,14H,3-4,7,9H2,1-2H3,(H,18,20)/t12-,14-/m1/s1. The van der Waals surface area contributed by atoms with E-state index >= 15 is 0 Å². The first kappa shape index (κ1) is 13.6. The highest BCUT2D eigenvalue weighted by Crippen LogP contribution is 2.36. The number of aryl methyl sites for hydroxylation is 1. The van der Waals surface area contributed by atoms with Crippen LogP contribution in [0.2, 0.25) is 0 Å². The van der Waals surface area contributed by atoms with Crippen LogP contribution in [0, 0.1) is 17.6 Å². The summed E-state index contributed by atoms with van der Waals surface area (Å²) in [5.41, 5.74) is 2.40. The summed E-state index contributed by atoms with van der Waals surface area (Å²) >= 11 is 5.48. The molecule has 1 fully saturated rings. The number of nitrogens with zero attached hydrogens (tertiary/aromatic N) is 2. The van der Waals surface area contributed by atoms with Gasteiger partial charge in [0.05, 0.1) is 0 Å². The third-order valence-electron chi connectivity index (χ3n) is 4.38. The summed E-state index contributed by atoms with van der Waals surface area (Å²) < 4.78 is 2.99. The maximum Gasteiger partial charge on any atom is 0.195 e. The smallest absolute Gasteiger partial charge is 0.195 e. The van der Waals surface area contributed by atoms with E-state index in [1.165, 1.54) is 31.2 Å². The summed E-state index contributed by atoms with van der Waals surface area (Å²) in [5.74, 6) is 1.65. The lowest BCUT2D eigenvalue weighted by Crippen LogP contribution is -2.22. The van der Waals surface area contributed by atoms with E-state index in [1.807, 2.05) is 0 Å². The van der Waals surface area contributed by atoms with Crippen LogP contribution in [0.25, 0.3) is 11.4 Å². The van der Waals surface area contributed by atoms with Crippen molar-refractivity contribution in [3.8, 4) is 11.4 Å². The van der Waals surface area contributed by atoms with Gasteiger partial charge in [-0.15, -0.1) is 0 Å². The Hall–Kier alpha value is -1.42. The molecular weight excluding hydrogens is 266 g/mol. The molecule has 1 aliphatic rings. The predicted molar refractivity (Wildman–Crippen MR) is 84.3 cm³/mol. The van der Waals surface area contributed by atoms with Gasteiger partial charge < -0.3 is 0 Å². The number of H-pyrrole nitrogens is 1. The fraction of sp³-hybridized carbons (Fsp3) is 0.500. The van der Waals surface area contributed by atoms with Gasteiger partial charge in [0, 0.05) is 11.6 Å². The van der Waals surface area contributed by atoms with Gasteiger partial charge in [0.25, 0.3) is 0 Å². The monoisotopic (exact) mass is 287 g/mol. The molecule has 1 N–H and O–H groups in total. The van der Waals surface area contributed by atoms with Gasteiger partial charge >= 0.3 is 0 Å². The molecule has 0 unspecified atom stereocenters. The third-order valence-corrected chi connectivity index (χ3v) is 4.67. The van der Waals surface area contributed by atoms with Crippen LogP contribution >= 0.6 is 12.2 Å². The van der Waals surface area contributed by atoms with Crippen molar-refractivity contribution in [3.05, 3.63) is 34.6 Å². The average molecular weight is 287 g/mol. The van der Waals surface area contributed by atoms with Crippen molar-refractivity contribution in [2.45, 2.75) is 45.6 Å². The fourth-order valence-electron chi connectivity index (χ4n) is 3.28. The number of benzene rings is 1. The fourth-order valence-corrected chi connectivity index (χ4v) is 3.55. The van der Waals surface area contributed by atoms with Crippen LogP contribution in [0.15, 0.2) is 24.3 Å². The summed E-state index contributed by atoms with van der Waals surface area (Å²) in [7, 11) is 0. The first-order valence-corrected chi connectivity index (χ1v) is 7.81. The minimum absolute atomic E-state index is 0.477.